The molecule has 0 unspecified atom stereocenters. The molecule has 162 valence electrons. The van der Waals surface area contributed by atoms with E-state index in [9.17, 15) is 4.79 Å². The largest absolute Gasteiger partial charge is 0.496 e. The number of nitrogens with one attached hydrogen (secondary N) is 1. The summed E-state index contributed by atoms with van der Waals surface area (Å²) in [5.41, 5.74) is 3.36. The van der Waals surface area contributed by atoms with E-state index in [2.05, 4.69) is 31.3 Å². The van der Waals surface area contributed by atoms with Crippen molar-refractivity contribution in [2.24, 2.45) is 0 Å². The third-order valence-electron chi connectivity index (χ3n) is 5.51. The molecule has 0 atom stereocenters. The van der Waals surface area contributed by atoms with Crippen molar-refractivity contribution < 1.29 is 14.3 Å². The number of anilines is 1. The van der Waals surface area contributed by atoms with Crippen molar-refractivity contribution in [1.29, 1.82) is 0 Å². The number of rotatable bonds is 7. The van der Waals surface area contributed by atoms with Crippen molar-refractivity contribution in [2.75, 3.05) is 12.4 Å². The van der Waals surface area contributed by atoms with Crippen molar-refractivity contribution in [1.82, 2.24) is 0 Å². The summed E-state index contributed by atoms with van der Waals surface area (Å²) in [6, 6.07) is 27.4. The van der Waals surface area contributed by atoms with Gasteiger partial charge in [-0.1, -0.05) is 62.4 Å². The molecule has 0 aliphatic heterocycles. The number of hydrogen-bond acceptors (Lipinski definition) is 3. The van der Waals surface area contributed by atoms with E-state index in [0.717, 1.165) is 27.8 Å². The van der Waals surface area contributed by atoms with Crippen LogP contribution in [-0.4, -0.2) is 13.0 Å². The highest BCUT2D eigenvalue weighted by atomic mass is 16.5. The monoisotopic (exact) mass is 425 g/mol. The van der Waals surface area contributed by atoms with Crippen LogP contribution in [-0.2, 0) is 6.61 Å². The van der Waals surface area contributed by atoms with Gasteiger partial charge in [0, 0.05) is 22.2 Å². The molecule has 1 N–H and O–H groups in total. The van der Waals surface area contributed by atoms with Crippen LogP contribution in [0.5, 0.6) is 11.5 Å². The van der Waals surface area contributed by atoms with E-state index in [1.165, 1.54) is 5.56 Å². The number of ether oxygens (including phenoxy) is 2. The summed E-state index contributed by atoms with van der Waals surface area (Å²) in [5.74, 6) is 1.76. The Kier molecular flexibility index (Phi) is 6.41. The third kappa shape index (κ3) is 4.75. The van der Waals surface area contributed by atoms with Crippen molar-refractivity contribution in [3.8, 4) is 11.5 Å². The molecule has 0 aromatic heterocycles. The number of hydrogen-bond donors (Lipinski definition) is 1. The van der Waals surface area contributed by atoms with Crippen molar-refractivity contribution in [2.45, 2.75) is 26.4 Å². The minimum atomic E-state index is -0.170. The topological polar surface area (TPSA) is 47.6 Å². The van der Waals surface area contributed by atoms with Gasteiger partial charge in [0.05, 0.1) is 7.11 Å². The van der Waals surface area contributed by atoms with Gasteiger partial charge in [0.25, 0.3) is 5.91 Å². The molecule has 4 rings (SSSR count). The third-order valence-corrected chi connectivity index (χ3v) is 5.51. The lowest BCUT2D eigenvalue weighted by atomic mass is 10.0. The number of amides is 1. The predicted octanol–water partition coefficient (Wildman–Crippen LogP) is 6.80. The van der Waals surface area contributed by atoms with Gasteiger partial charge >= 0.3 is 0 Å². The minimum absolute atomic E-state index is 0.170. The van der Waals surface area contributed by atoms with Crippen LogP contribution in [0.2, 0.25) is 0 Å². The Balaban J connectivity index is 1.52. The number of benzene rings is 4. The average Bonchev–Trinajstić information content (AvgIpc) is 2.82. The highest BCUT2D eigenvalue weighted by molar-refractivity contribution is 6.04. The zero-order chi connectivity index (χ0) is 22.5. The first kappa shape index (κ1) is 21.4. The summed E-state index contributed by atoms with van der Waals surface area (Å²) in [4.78, 5) is 12.8. The Hall–Kier alpha value is -3.79. The van der Waals surface area contributed by atoms with Gasteiger partial charge in [0.1, 0.15) is 18.1 Å². The predicted molar refractivity (Wildman–Crippen MR) is 130 cm³/mol. The van der Waals surface area contributed by atoms with Gasteiger partial charge in [0.15, 0.2) is 0 Å². The molecule has 1 amide bonds. The van der Waals surface area contributed by atoms with Crippen LogP contribution in [0, 0.1) is 0 Å². The Bertz CT molecular complexity index is 1220. The summed E-state index contributed by atoms with van der Waals surface area (Å²) < 4.78 is 11.6. The summed E-state index contributed by atoms with van der Waals surface area (Å²) in [5, 5.41) is 5.13. The number of fused-ring (bicyclic) bond motifs is 1. The quantitative estimate of drug-likeness (QED) is 0.354. The molecule has 0 bridgehead atoms. The smallest absolute Gasteiger partial charge is 0.255 e. The standard InChI is InChI=1S/C28H27NO3/c1-19(2)20-11-14-24(15-12-20)29-28(30)22-13-16-26(31-3)23(17-22)18-32-27-10-6-8-21-7-4-5-9-25(21)27/h4-17,19H,18H2,1-3H3,(H,29,30). The maximum atomic E-state index is 12.8. The van der Waals surface area contributed by atoms with Crippen LogP contribution >= 0.6 is 0 Å². The second-order valence-electron chi connectivity index (χ2n) is 8.02. The van der Waals surface area contributed by atoms with Gasteiger partial charge in [-0.2, -0.15) is 0 Å². The second-order valence-corrected chi connectivity index (χ2v) is 8.02. The van der Waals surface area contributed by atoms with Gasteiger partial charge in [0.2, 0.25) is 0 Å². The van der Waals surface area contributed by atoms with Gasteiger partial charge in [-0.15, -0.1) is 0 Å². The van der Waals surface area contributed by atoms with Crippen LogP contribution in [0.4, 0.5) is 5.69 Å². The Morgan fingerprint density at radius 2 is 1.62 bits per heavy atom. The maximum absolute atomic E-state index is 12.8. The van der Waals surface area contributed by atoms with Gasteiger partial charge in [-0.05, 0) is 53.3 Å². The first-order valence-corrected chi connectivity index (χ1v) is 10.7. The first-order valence-electron chi connectivity index (χ1n) is 10.7. The normalized spacial score (nSPS) is 10.9. The number of carbonyl (C=O) groups excluding carboxylic acids is 1. The highest BCUT2D eigenvalue weighted by Gasteiger charge is 2.12. The van der Waals surface area contributed by atoms with E-state index >= 15 is 0 Å². The van der Waals surface area contributed by atoms with Crippen LogP contribution in [0.3, 0.4) is 0 Å². The summed E-state index contributed by atoms with van der Waals surface area (Å²) in [7, 11) is 1.62. The Morgan fingerprint density at radius 3 is 2.38 bits per heavy atom. The molecule has 0 aliphatic rings. The Morgan fingerprint density at radius 1 is 0.875 bits per heavy atom. The molecule has 4 aromatic rings. The van der Waals surface area contributed by atoms with Gasteiger partial charge in [-0.3, -0.25) is 4.79 Å². The molecule has 0 heterocycles. The fraction of sp³-hybridized carbons (Fsp3) is 0.179. The minimum Gasteiger partial charge on any atom is -0.496 e. The van der Waals surface area contributed by atoms with E-state index in [1.54, 1.807) is 19.2 Å². The molecule has 0 aliphatic carbocycles. The molecular formula is C28H27NO3. The highest BCUT2D eigenvalue weighted by Crippen LogP contribution is 2.28. The molecular weight excluding hydrogens is 398 g/mol. The van der Waals surface area contributed by atoms with Crippen molar-refractivity contribution in [3.63, 3.8) is 0 Å². The van der Waals surface area contributed by atoms with Crippen molar-refractivity contribution in [3.05, 3.63) is 102 Å². The van der Waals surface area contributed by atoms with Gasteiger partial charge < -0.3 is 14.8 Å². The summed E-state index contributed by atoms with van der Waals surface area (Å²) >= 11 is 0. The lowest BCUT2D eigenvalue weighted by molar-refractivity contribution is 0.102. The molecule has 0 radical (unpaired) electrons. The van der Waals surface area contributed by atoms with Crippen molar-refractivity contribution >= 4 is 22.4 Å². The molecule has 32 heavy (non-hydrogen) atoms. The Labute approximate surface area is 188 Å². The second kappa shape index (κ2) is 9.56. The van der Waals surface area contributed by atoms with E-state index in [4.69, 9.17) is 9.47 Å². The lowest BCUT2D eigenvalue weighted by Gasteiger charge is -2.14. The van der Waals surface area contributed by atoms with Crippen LogP contribution in [0.25, 0.3) is 10.8 Å². The summed E-state index contributed by atoms with van der Waals surface area (Å²) in [6.07, 6.45) is 0. The lowest BCUT2D eigenvalue weighted by Crippen LogP contribution is -2.13. The number of methoxy groups -OCH3 is 1. The van der Waals surface area contributed by atoms with Crippen LogP contribution in [0.1, 0.15) is 41.3 Å². The molecule has 4 aromatic carbocycles. The van der Waals surface area contributed by atoms with E-state index in [-0.39, 0.29) is 5.91 Å². The van der Waals surface area contributed by atoms with Gasteiger partial charge in [-0.25, -0.2) is 0 Å². The summed E-state index contributed by atoms with van der Waals surface area (Å²) in [6.45, 7) is 4.58. The molecule has 0 saturated heterocycles. The zero-order valence-electron chi connectivity index (χ0n) is 18.6. The molecule has 4 heteroatoms. The molecule has 0 fully saturated rings. The maximum Gasteiger partial charge on any atom is 0.255 e. The van der Waals surface area contributed by atoms with E-state index in [0.29, 0.717) is 23.8 Å². The van der Waals surface area contributed by atoms with Crippen LogP contribution < -0.4 is 14.8 Å². The molecule has 0 saturated carbocycles. The fourth-order valence-electron chi connectivity index (χ4n) is 3.66. The SMILES string of the molecule is COc1ccc(C(=O)Nc2ccc(C(C)C)cc2)cc1COc1cccc2ccccc12. The fourth-order valence-corrected chi connectivity index (χ4v) is 3.66. The number of carbonyl (C=O) groups is 1. The first-order chi connectivity index (χ1) is 15.5. The van der Waals surface area contributed by atoms with Crippen LogP contribution in [0.15, 0.2) is 84.9 Å². The zero-order valence-corrected chi connectivity index (χ0v) is 18.6. The molecule has 4 nitrogen and oxygen atoms in total. The van der Waals surface area contributed by atoms with E-state index < -0.39 is 0 Å². The average molecular weight is 426 g/mol. The molecule has 0 spiro atoms. The van der Waals surface area contributed by atoms with E-state index in [1.807, 2.05) is 60.7 Å².